The van der Waals surface area contributed by atoms with Crippen molar-refractivity contribution in [2.45, 2.75) is 60.3 Å². The molecule has 0 bridgehead atoms. The molecule has 1 aromatic heterocycles. The Hall–Kier alpha value is -2.14. The zero-order valence-corrected chi connectivity index (χ0v) is 18.3. The molecule has 0 spiro atoms. The first-order chi connectivity index (χ1) is 13.2. The Morgan fingerprint density at radius 1 is 1.18 bits per heavy atom. The van der Waals surface area contributed by atoms with Gasteiger partial charge in [-0.25, -0.2) is 0 Å². The van der Waals surface area contributed by atoms with Crippen molar-refractivity contribution in [1.29, 1.82) is 0 Å². The molecule has 4 nitrogen and oxygen atoms in total. The number of thiophene rings is 1. The van der Waals surface area contributed by atoms with Gasteiger partial charge in [0.15, 0.2) is 0 Å². The molecular weight excluding hydrogens is 368 g/mol. The molecule has 0 aliphatic heterocycles. The SMILES string of the molecule is CCc1ccccc1NC(=O)c1c(NC(C)=O)sc2c1CCC(C(C)(C)C)C2. The van der Waals surface area contributed by atoms with Crippen LogP contribution < -0.4 is 10.6 Å². The molecule has 0 radical (unpaired) electrons. The van der Waals surface area contributed by atoms with Crippen molar-refractivity contribution in [3.8, 4) is 0 Å². The maximum atomic E-state index is 13.2. The summed E-state index contributed by atoms with van der Waals surface area (Å²) >= 11 is 1.57. The average molecular weight is 399 g/mol. The van der Waals surface area contributed by atoms with Gasteiger partial charge in [0, 0.05) is 17.5 Å². The Kier molecular flexibility index (Phi) is 5.94. The molecule has 1 atom stereocenters. The van der Waals surface area contributed by atoms with Gasteiger partial charge in [-0.15, -0.1) is 11.3 Å². The lowest BCUT2D eigenvalue weighted by atomic mass is 9.72. The summed E-state index contributed by atoms with van der Waals surface area (Å²) in [5, 5.41) is 6.66. The van der Waals surface area contributed by atoms with E-state index in [2.05, 4.69) is 38.3 Å². The Balaban J connectivity index is 1.96. The maximum absolute atomic E-state index is 13.2. The molecule has 2 amide bonds. The minimum atomic E-state index is -0.144. The molecule has 0 saturated heterocycles. The van der Waals surface area contributed by atoms with E-state index < -0.39 is 0 Å². The highest BCUT2D eigenvalue weighted by Gasteiger charge is 2.34. The number of benzene rings is 1. The first kappa shape index (κ1) is 20.6. The van der Waals surface area contributed by atoms with Crippen LogP contribution in [0.5, 0.6) is 0 Å². The Labute approximate surface area is 171 Å². The first-order valence-corrected chi connectivity index (χ1v) is 10.8. The largest absolute Gasteiger partial charge is 0.322 e. The molecule has 28 heavy (non-hydrogen) atoms. The number of hydrogen-bond donors (Lipinski definition) is 2. The van der Waals surface area contributed by atoms with Crippen LogP contribution in [0.2, 0.25) is 0 Å². The van der Waals surface area contributed by atoms with E-state index in [4.69, 9.17) is 0 Å². The molecule has 0 saturated carbocycles. The molecule has 1 aliphatic rings. The van der Waals surface area contributed by atoms with Crippen molar-refractivity contribution in [3.05, 3.63) is 45.8 Å². The third-order valence-electron chi connectivity index (χ3n) is 5.65. The van der Waals surface area contributed by atoms with Crippen LogP contribution in [-0.4, -0.2) is 11.8 Å². The third-order valence-corrected chi connectivity index (χ3v) is 6.82. The zero-order valence-electron chi connectivity index (χ0n) is 17.4. The second kappa shape index (κ2) is 8.08. The van der Waals surface area contributed by atoms with E-state index in [0.717, 1.165) is 42.5 Å². The molecule has 1 heterocycles. The fourth-order valence-electron chi connectivity index (χ4n) is 3.95. The van der Waals surface area contributed by atoms with Crippen LogP contribution in [-0.2, 0) is 24.1 Å². The molecule has 3 rings (SSSR count). The number of nitrogens with one attached hydrogen (secondary N) is 2. The molecule has 2 aromatic rings. The number of rotatable bonds is 4. The van der Waals surface area contributed by atoms with Gasteiger partial charge in [0.05, 0.1) is 5.56 Å². The fourth-order valence-corrected chi connectivity index (χ4v) is 5.32. The maximum Gasteiger partial charge on any atom is 0.258 e. The van der Waals surface area contributed by atoms with Crippen LogP contribution >= 0.6 is 11.3 Å². The van der Waals surface area contributed by atoms with Crippen molar-refractivity contribution >= 4 is 33.8 Å². The number of carbonyl (C=O) groups is 2. The zero-order chi connectivity index (χ0) is 20.5. The van der Waals surface area contributed by atoms with Gasteiger partial charge in [0.1, 0.15) is 5.00 Å². The van der Waals surface area contributed by atoms with E-state index >= 15 is 0 Å². The molecule has 1 aromatic carbocycles. The van der Waals surface area contributed by atoms with E-state index in [1.807, 2.05) is 24.3 Å². The summed E-state index contributed by atoms with van der Waals surface area (Å²) in [5.41, 5.74) is 3.94. The van der Waals surface area contributed by atoms with Gasteiger partial charge in [-0.05, 0) is 54.2 Å². The molecular formula is C23H30N2O2S. The summed E-state index contributed by atoms with van der Waals surface area (Å²) < 4.78 is 0. The standard InChI is InChI=1S/C23H30N2O2S/c1-6-15-9-7-8-10-18(15)25-21(27)20-17-12-11-16(23(3,4)5)13-19(17)28-22(20)24-14(2)26/h7-10,16H,6,11-13H2,1-5H3,(H,24,26)(H,25,27). The Bertz CT molecular complexity index is 892. The van der Waals surface area contributed by atoms with Gasteiger partial charge in [0.2, 0.25) is 5.91 Å². The summed E-state index contributed by atoms with van der Waals surface area (Å²) in [4.78, 5) is 26.2. The fraction of sp³-hybridized carbons (Fsp3) is 0.478. The summed E-state index contributed by atoms with van der Waals surface area (Å²) in [6.07, 6.45) is 3.77. The highest BCUT2D eigenvalue weighted by Crippen LogP contribution is 2.44. The van der Waals surface area contributed by atoms with Gasteiger partial charge in [-0.3, -0.25) is 9.59 Å². The Morgan fingerprint density at radius 2 is 1.89 bits per heavy atom. The second-order valence-corrected chi connectivity index (χ2v) is 9.76. The van der Waals surface area contributed by atoms with Crippen molar-refractivity contribution < 1.29 is 9.59 Å². The monoisotopic (exact) mass is 398 g/mol. The van der Waals surface area contributed by atoms with Crippen LogP contribution in [0.4, 0.5) is 10.7 Å². The van der Waals surface area contributed by atoms with Crippen LogP contribution in [0.15, 0.2) is 24.3 Å². The highest BCUT2D eigenvalue weighted by molar-refractivity contribution is 7.17. The topological polar surface area (TPSA) is 58.2 Å². The minimum absolute atomic E-state index is 0.128. The van der Waals surface area contributed by atoms with Crippen LogP contribution in [0.3, 0.4) is 0 Å². The van der Waals surface area contributed by atoms with Crippen LogP contribution in [0.25, 0.3) is 0 Å². The molecule has 1 unspecified atom stereocenters. The Morgan fingerprint density at radius 3 is 2.54 bits per heavy atom. The average Bonchev–Trinajstić information content (AvgIpc) is 2.97. The molecule has 0 fully saturated rings. The van der Waals surface area contributed by atoms with E-state index in [9.17, 15) is 9.59 Å². The summed E-state index contributed by atoms with van der Waals surface area (Å²) in [5.74, 6) is 0.311. The van der Waals surface area contributed by atoms with Crippen LogP contribution in [0, 0.1) is 11.3 Å². The van der Waals surface area contributed by atoms with E-state index in [0.29, 0.717) is 16.5 Å². The number of hydrogen-bond acceptors (Lipinski definition) is 3. The predicted octanol–water partition coefficient (Wildman–Crippen LogP) is 5.67. The van der Waals surface area contributed by atoms with E-state index in [1.165, 1.54) is 11.8 Å². The van der Waals surface area contributed by atoms with Crippen molar-refractivity contribution in [2.24, 2.45) is 11.3 Å². The first-order valence-electron chi connectivity index (χ1n) is 10.0. The lowest BCUT2D eigenvalue weighted by Crippen LogP contribution is -2.27. The number of anilines is 2. The van der Waals surface area contributed by atoms with Crippen molar-refractivity contribution in [3.63, 3.8) is 0 Å². The summed E-state index contributed by atoms with van der Waals surface area (Å²) in [7, 11) is 0. The van der Waals surface area contributed by atoms with E-state index in [1.54, 1.807) is 11.3 Å². The molecule has 150 valence electrons. The van der Waals surface area contributed by atoms with Crippen LogP contribution in [0.1, 0.15) is 67.4 Å². The van der Waals surface area contributed by atoms with Gasteiger partial charge in [-0.1, -0.05) is 45.9 Å². The number of amides is 2. The number of carbonyl (C=O) groups excluding carboxylic acids is 2. The normalized spacial score (nSPS) is 16.4. The van der Waals surface area contributed by atoms with Crippen molar-refractivity contribution in [2.75, 3.05) is 10.6 Å². The summed E-state index contributed by atoms with van der Waals surface area (Å²) in [6, 6.07) is 7.88. The molecule has 5 heteroatoms. The third kappa shape index (κ3) is 4.30. The quantitative estimate of drug-likeness (QED) is 0.697. The smallest absolute Gasteiger partial charge is 0.258 e. The lowest BCUT2D eigenvalue weighted by Gasteiger charge is -2.33. The minimum Gasteiger partial charge on any atom is -0.322 e. The number of aryl methyl sites for hydroxylation is 1. The van der Waals surface area contributed by atoms with Gasteiger partial charge in [-0.2, -0.15) is 0 Å². The lowest BCUT2D eigenvalue weighted by molar-refractivity contribution is -0.114. The van der Waals surface area contributed by atoms with Gasteiger partial charge < -0.3 is 10.6 Å². The van der Waals surface area contributed by atoms with Gasteiger partial charge in [0.25, 0.3) is 5.91 Å². The summed E-state index contributed by atoms with van der Waals surface area (Å²) in [6.45, 7) is 10.4. The predicted molar refractivity (Wildman–Crippen MR) is 117 cm³/mol. The number of para-hydroxylation sites is 1. The van der Waals surface area contributed by atoms with Gasteiger partial charge >= 0.3 is 0 Å². The van der Waals surface area contributed by atoms with E-state index in [-0.39, 0.29) is 17.2 Å². The highest BCUT2D eigenvalue weighted by atomic mass is 32.1. The molecule has 1 aliphatic carbocycles. The molecule has 2 N–H and O–H groups in total. The van der Waals surface area contributed by atoms with Crippen molar-refractivity contribution in [1.82, 2.24) is 0 Å². The number of fused-ring (bicyclic) bond motifs is 1. The second-order valence-electron chi connectivity index (χ2n) is 8.66.